The van der Waals surface area contributed by atoms with E-state index in [0.29, 0.717) is 0 Å². The summed E-state index contributed by atoms with van der Waals surface area (Å²) in [5.74, 6) is 0.802. The Morgan fingerprint density at radius 2 is 1.45 bits per heavy atom. The van der Waals surface area contributed by atoms with Gasteiger partial charge in [0.15, 0.2) is 0 Å². The van der Waals surface area contributed by atoms with Gasteiger partial charge >= 0.3 is 0 Å². The second-order valence-electron chi connectivity index (χ2n) is 10.2. The van der Waals surface area contributed by atoms with Crippen LogP contribution in [0.4, 0.5) is 0 Å². The summed E-state index contributed by atoms with van der Waals surface area (Å²) in [6, 6.07) is 31.1. The maximum atomic E-state index is 3.51. The van der Waals surface area contributed by atoms with E-state index in [9.17, 15) is 0 Å². The minimum Gasteiger partial charge on any atom is -0.358 e. The first-order chi connectivity index (χ1) is 19.6. The van der Waals surface area contributed by atoms with E-state index in [4.69, 9.17) is 0 Å². The number of aromatic nitrogens is 1. The van der Waals surface area contributed by atoms with E-state index in [-0.39, 0.29) is 0 Å². The zero-order chi connectivity index (χ0) is 28.6. The van der Waals surface area contributed by atoms with Gasteiger partial charge in [-0.15, -0.1) is 26.3 Å². The number of fused-ring (bicyclic) bond motifs is 5. The van der Waals surface area contributed by atoms with Gasteiger partial charge in [0.1, 0.15) is 0 Å². The van der Waals surface area contributed by atoms with Crippen LogP contribution in [0, 0.1) is 6.92 Å². The Balaban J connectivity index is 0.000000220. The first-order valence-electron chi connectivity index (χ1n) is 14.2. The van der Waals surface area contributed by atoms with E-state index in [1.807, 2.05) is 0 Å². The van der Waals surface area contributed by atoms with Gasteiger partial charge in [-0.1, -0.05) is 91.9 Å². The second kappa shape index (κ2) is 13.1. The summed E-state index contributed by atoms with van der Waals surface area (Å²) in [6.45, 7) is 18.5. The average Bonchev–Trinajstić information content (AvgIpc) is 3.68. The summed E-state index contributed by atoms with van der Waals surface area (Å²) in [5.41, 5.74) is 15.2. The largest absolute Gasteiger partial charge is 0.358 e. The number of aromatic amines is 1. The number of benzene rings is 4. The molecule has 0 radical (unpaired) electrons. The van der Waals surface area contributed by atoms with Crippen LogP contribution in [0.3, 0.4) is 0 Å². The molecule has 0 fully saturated rings. The Morgan fingerprint density at radius 1 is 0.775 bits per heavy atom. The van der Waals surface area contributed by atoms with Crippen molar-refractivity contribution in [2.24, 2.45) is 0 Å². The highest BCUT2D eigenvalue weighted by molar-refractivity contribution is 5.95. The van der Waals surface area contributed by atoms with Crippen molar-refractivity contribution in [2.75, 3.05) is 0 Å². The average molecular weight is 524 g/mol. The monoisotopic (exact) mass is 523 g/mol. The zero-order valence-electron chi connectivity index (χ0n) is 24.3. The number of hydrogen-bond acceptors (Lipinski definition) is 0. The highest BCUT2D eigenvalue weighted by atomic mass is 14.7. The first-order valence-corrected chi connectivity index (χ1v) is 14.2. The fourth-order valence-corrected chi connectivity index (χ4v) is 6.09. The molecule has 0 bridgehead atoms. The quantitative estimate of drug-likeness (QED) is 0.217. The van der Waals surface area contributed by atoms with Crippen LogP contribution < -0.4 is 0 Å². The van der Waals surface area contributed by atoms with Gasteiger partial charge in [0, 0.05) is 22.2 Å². The van der Waals surface area contributed by atoms with Gasteiger partial charge < -0.3 is 4.98 Å². The van der Waals surface area contributed by atoms with Crippen molar-refractivity contribution in [2.45, 2.75) is 46.0 Å². The molecule has 1 aromatic heterocycles. The molecule has 0 spiro atoms. The molecule has 1 unspecified atom stereocenters. The predicted molar refractivity (Wildman–Crippen MR) is 177 cm³/mol. The zero-order valence-corrected chi connectivity index (χ0v) is 24.3. The molecule has 202 valence electrons. The van der Waals surface area contributed by atoms with Crippen molar-refractivity contribution in [1.82, 2.24) is 4.98 Å². The number of allylic oxidation sites excluding steroid dienone is 1. The molecular formula is C39H41N. The number of aryl methyl sites for hydroxylation is 2. The van der Waals surface area contributed by atoms with Crippen LogP contribution in [0.15, 0.2) is 117 Å². The van der Waals surface area contributed by atoms with Gasteiger partial charge in [-0.05, 0) is 95.7 Å². The van der Waals surface area contributed by atoms with Gasteiger partial charge in [-0.3, -0.25) is 0 Å². The van der Waals surface area contributed by atoms with E-state index < -0.39 is 0 Å². The molecule has 40 heavy (non-hydrogen) atoms. The van der Waals surface area contributed by atoms with Crippen molar-refractivity contribution in [3.63, 3.8) is 0 Å². The predicted octanol–water partition coefficient (Wildman–Crippen LogP) is 11.1. The van der Waals surface area contributed by atoms with E-state index >= 15 is 0 Å². The van der Waals surface area contributed by atoms with Gasteiger partial charge in [0.05, 0.1) is 0 Å². The normalized spacial score (nSPS) is 14.1. The van der Waals surface area contributed by atoms with E-state index in [1.54, 1.807) is 11.1 Å². The molecule has 5 aromatic rings. The standard InChI is InChI=1S/C25H21N.C10H12.2C2H4/c1-3-7-19-16(2)26-25-13-12-18(15-24(19)25)21-10-6-11-22-20-9-5-4-8-17(20)14-23(21)22;1-8-6-7-9-4-2-3-5-10(8)9;2*1-2/h3-13,15,26H,14H2,1-2H3;2-5,8H,6-7H2,1H3;2*1-2H2/b7-3-;;;. The molecule has 1 atom stereocenters. The van der Waals surface area contributed by atoms with Crippen LogP contribution in [0.25, 0.3) is 39.2 Å². The smallest absolute Gasteiger partial charge is 0.0462 e. The summed E-state index contributed by atoms with van der Waals surface area (Å²) >= 11 is 0. The maximum absolute atomic E-state index is 3.51. The molecule has 0 amide bonds. The Labute approximate surface area is 240 Å². The topological polar surface area (TPSA) is 15.8 Å². The SMILES string of the molecule is C/C=C\c1c(C)[nH]c2ccc(-c3cccc4c3Cc3ccccc3-4)cc12.C=C.C=C.CC1CCc2ccccc21. The fraction of sp³-hybridized carbons (Fsp3) is 0.179. The molecule has 0 saturated carbocycles. The molecule has 1 heterocycles. The molecule has 1 nitrogen and oxygen atoms in total. The number of nitrogens with one attached hydrogen (secondary N) is 1. The summed E-state index contributed by atoms with van der Waals surface area (Å²) in [7, 11) is 0. The van der Waals surface area contributed by atoms with Crippen molar-refractivity contribution in [3.05, 3.63) is 151 Å². The third-order valence-electron chi connectivity index (χ3n) is 7.96. The Kier molecular flexibility index (Phi) is 9.40. The van der Waals surface area contributed by atoms with Crippen LogP contribution in [0.5, 0.6) is 0 Å². The van der Waals surface area contributed by atoms with E-state index in [1.165, 1.54) is 68.4 Å². The molecular weight excluding hydrogens is 482 g/mol. The number of H-pyrrole nitrogens is 1. The number of rotatable bonds is 2. The molecule has 1 N–H and O–H groups in total. The molecule has 2 aliphatic carbocycles. The maximum Gasteiger partial charge on any atom is 0.0462 e. The van der Waals surface area contributed by atoms with Gasteiger partial charge in [0.2, 0.25) is 0 Å². The lowest BCUT2D eigenvalue weighted by molar-refractivity contribution is 0.747. The molecule has 4 aromatic carbocycles. The van der Waals surface area contributed by atoms with Crippen LogP contribution in [-0.2, 0) is 12.8 Å². The fourth-order valence-electron chi connectivity index (χ4n) is 6.09. The Morgan fingerprint density at radius 3 is 2.20 bits per heavy atom. The van der Waals surface area contributed by atoms with Crippen molar-refractivity contribution in [1.29, 1.82) is 0 Å². The summed E-state index contributed by atoms with van der Waals surface area (Å²) in [6.07, 6.45) is 7.96. The minimum atomic E-state index is 0.802. The van der Waals surface area contributed by atoms with Gasteiger partial charge in [-0.2, -0.15) is 0 Å². The highest BCUT2D eigenvalue weighted by Gasteiger charge is 2.21. The summed E-state index contributed by atoms with van der Waals surface area (Å²) in [5, 5.41) is 1.30. The lowest BCUT2D eigenvalue weighted by Crippen LogP contribution is -1.88. The first kappa shape index (κ1) is 28.6. The molecule has 0 aliphatic heterocycles. The highest BCUT2D eigenvalue weighted by Crippen LogP contribution is 2.42. The van der Waals surface area contributed by atoms with Gasteiger partial charge in [0.25, 0.3) is 0 Å². The minimum absolute atomic E-state index is 0.802. The van der Waals surface area contributed by atoms with Crippen LogP contribution in [0.2, 0.25) is 0 Å². The summed E-state index contributed by atoms with van der Waals surface area (Å²) in [4.78, 5) is 3.51. The van der Waals surface area contributed by atoms with Crippen LogP contribution in [-0.4, -0.2) is 4.98 Å². The molecule has 0 saturated heterocycles. The lowest BCUT2D eigenvalue weighted by Gasteiger charge is -2.09. The third-order valence-corrected chi connectivity index (χ3v) is 7.96. The number of hydrogen-bond donors (Lipinski definition) is 1. The Hall–Kier alpha value is -4.36. The second-order valence-corrected chi connectivity index (χ2v) is 10.2. The van der Waals surface area contributed by atoms with E-state index in [2.05, 4.69) is 149 Å². The van der Waals surface area contributed by atoms with E-state index in [0.717, 1.165) is 12.3 Å². The van der Waals surface area contributed by atoms with Crippen LogP contribution >= 0.6 is 0 Å². The third kappa shape index (κ3) is 5.51. The van der Waals surface area contributed by atoms with Gasteiger partial charge in [-0.25, -0.2) is 0 Å². The van der Waals surface area contributed by atoms with Crippen molar-refractivity contribution >= 4 is 17.0 Å². The molecule has 1 heteroatoms. The summed E-state index contributed by atoms with van der Waals surface area (Å²) < 4.78 is 0. The van der Waals surface area contributed by atoms with Crippen molar-refractivity contribution < 1.29 is 0 Å². The molecule has 7 rings (SSSR count). The Bertz CT molecular complexity index is 1630. The van der Waals surface area contributed by atoms with Crippen LogP contribution in [0.1, 0.15) is 59.7 Å². The molecule has 2 aliphatic rings. The lowest BCUT2D eigenvalue weighted by atomic mass is 9.94. The van der Waals surface area contributed by atoms with Crippen molar-refractivity contribution in [3.8, 4) is 22.3 Å².